The van der Waals surface area contributed by atoms with Crippen molar-refractivity contribution in [2.45, 2.75) is 26.8 Å². The number of hydrogen-bond acceptors (Lipinski definition) is 4. The quantitative estimate of drug-likeness (QED) is 0.573. The van der Waals surface area contributed by atoms with E-state index in [4.69, 9.17) is 0 Å². The lowest BCUT2D eigenvalue weighted by molar-refractivity contribution is -0.142. The van der Waals surface area contributed by atoms with Gasteiger partial charge >= 0.3 is 5.97 Å². The van der Waals surface area contributed by atoms with Crippen LogP contribution in [-0.2, 0) is 4.79 Å². The third-order valence-electron chi connectivity index (χ3n) is 5.03. The lowest BCUT2D eigenvalue weighted by Crippen LogP contribution is -2.33. The summed E-state index contributed by atoms with van der Waals surface area (Å²) in [5.41, 5.74) is 2.84. The van der Waals surface area contributed by atoms with Crippen LogP contribution in [0.15, 0.2) is 47.5 Å². The van der Waals surface area contributed by atoms with Gasteiger partial charge in [-0.2, -0.15) is 5.10 Å². The molecule has 0 spiro atoms. The molecule has 148 valence electrons. The van der Waals surface area contributed by atoms with Crippen molar-refractivity contribution in [2.24, 2.45) is 5.92 Å². The Labute approximate surface area is 165 Å². The lowest BCUT2D eigenvalue weighted by Gasteiger charge is -2.19. The second kappa shape index (κ2) is 6.80. The third-order valence-corrected chi connectivity index (χ3v) is 5.03. The van der Waals surface area contributed by atoms with Crippen molar-refractivity contribution in [1.82, 2.24) is 19.2 Å². The molecular formula is C21H19FN4O3. The molecule has 29 heavy (non-hydrogen) atoms. The van der Waals surface area contributed by atoms with E-state index in [9.17, 15) is 19.1 Å². The van der Waals surface area contributed by atoms with Gasteiger partial charge in [-0.3, -0.25) is 4.79 Å². The molecule has 0 unspecified atom stereocenters. The van der Waals surface area contributed by atoms with E-state index in [0.29, 0.717) is 16.9 Å². The molecule has 4 rings (SSSR count). The number of halogens is 1. The van der Waals surface area contributed by atoms with Crippen LogP contribution in [0.5, 0.6) is 0 Å². The number of aryl methyl sites for hydroxylation is 1. The Balaban J connectivity index is 1.97. The fraction of sp³-hybridized carbons (Fsp3) is 0.238. The molecule has 8 heteroatoms. The standard InChI is InChI=1S/C21H19FN4O3/c1-11(2)18(21(28)29)25-9-8-16-15(20(25)27)10-23-19-17(12(3)24-26(16)19)13-4-6-14(22)7-5-13/h4-11,18H,1-3H3,(H,28,29)/t18-/m1/s1. The summed E-state index contributed by atoms with van der Waals surface area (Å²) < 4.78 is 16.1. The monoisotopic (exact) mass is 394 g/mol. The highest BCUT2D eigenvalue weighted by molar-refractivity contribution is 5.86. The molecule has 0 aliphatic carbocycles. The Bertz CT molecular complexity index is 1310. The van der Waals surface area contributed by atoms with E-state index < -0.39 is 17.6 Å². The van der Waals surface area contributed by atoms with E-state index in [1.54, 1.807) is 36.6 Å². The molecule has 0 aliphatic heterocycles. The van der Waals surface area contributed by atoms with Crippen molar-refractivity contribution in [1.29, 1.82) is 0 Å². The van der Waals surface area contributed by atoms with Crippen molar-refractivity contribution >= 4 is 22.5 Å². The van der Waals surface area contributed by atoms with Crippen LogP contribution in [0.3, 0.4) is 0 Å². The predicted molar refractivity (Wildman–Crippen MR) is 106 cm³/mol. The zero-order valence-corrected chi connectivity index (χ0v) is 16.1. The Kier molecular flexibility index (Phi) is 4.41. The summed E-state index contributed by atoms with van der Waals surface area (Å²) >= 11 is 0. The van der Waals surface area contributed by atoms with Crippen molar-refractivity contribution < 1.29 is 14.3 Å². The zero-order chi connectivity index (χ0) is 20.9. The van der Waals surface area contributed by atoms with Crippen LogP contribution in [0.4, 0.5) is 4.39 Å². The lowest BCUT2D eigenvalue weighted by atomic mass is 10.0. The third kappa shape index (κ3) is 2.97. The number of rotatable bonds is 4. The van der Waals surface area contributed by atoms with Gasteiger partial charge in [-0.25, -0.2) is 18.7 Å². The minimum absolute atomic E-state index is 0.267. The van der Waals surface area contributed by atoms with Crippen LogP contribution >= 0.6 is 0 Å². The first-order chi connectivity index (χ1) is 13.8. The number of hydrogen-bond donors (Lipinski definition) is 1. The van der Waals surface area contributed by atoms with Crippen LogP contribution in [0.1, 0.15) is 25.6 Å². The Morgan fingerprint density at radius 3 is 2.48 bits per heavy atom. The highest BCUT2D eigenvalue weighted by atomic mass is 19.1. The normalized spacial score (nSPS) is 12.7. The predicted octanol–water partition coefficient (Wildman–Crippen LogP) is 3.44. The maximum atomic E-state index is 13.3. The summed E-state index contributed by atoms with van der Waals surface area (Å²) in [4.78, 5) is 29.1. The number of aliphatic carboxylic acids is 1. The second-order valence-corrected chi connectivity index (χ2v) is 7.32. The highest BCUT2D eigenvalue weighted by Crippen LogP contribution is 2.29. The Hall–Kier alpha value is -3.55. The van der Waals surface area contributed by atoms with E-state index >= 15 is 0 Å². The number of pyridine rings is 1. The molecule has 4 aromatic rings. The minimum Gasteiger partial charge on any atom is -0.480 e. The fourth-order valence-electron chi connectivity index (χ4n) is 3.69. The molecule has 3 aromatic heterocycles. The van der Waals surface area contributed by atoms with Gasteiger partial charge in [0, 0.05) is 18.0 Å². The number of carboxylic acids is 1. The summed E-state index contributed by atoms with van der Waals surface area (Å²) in [5, 5.41) is 14.3. The van der Waals surface area contributed by atoms with Crippen molar-refractivity contribution in [3.63, 3.8) is 0 Å². The summed E-state index contributed by atoms with van der Waals surface area (Å²) in [6.07, 6.45) is 2.92. The van der Waals surface area contributed by atoms with E-state index in [-0.39, 0.29) is 17.1 Å². The van der Waals surface area contributed by atoms with E-state index in [1.165, 1.54) is 29.1 Å². The number of benzene rings is 1. The van der Waals surface area contributed by atoms with Gasteiger partial charge in [-0.15, -0.1) is 0 Å². The SMILES string of the molecule is Cc1nn2c(ncc3c(=O)n([C@@H](C(=O)O)C(C)C)ccc32)c1-c1ccc(F)cc1. The average molecular weight is 394 g/mol. The first-order valence-corrected chi connectivity index (χ1v) is 9.17. The van der Waals surface area contributed by atoms with Crippen LogP contribution in [-0.4, -0.2) is 30.2 Å². The van der Waals surface area contributed by atoms with Crippen LogP contribution in [0, 0.1) is 18.7 Å². The molecule has 1 aromatic carbocycles. The number of carbonyl (C=O) groups is 1. The van der Waals surface area contributed by atoms with Gasteiger partial charge in [0.2, 0.25) is 0 Å². The molecular weight excluding hydrogens is 375 g/mol. The second-order valence-electron chi connectivity index (χ2n) is 7.32. The Morgan fingerprint density at radius 2 is 1.86 bits per heavy atom. The number of carboxylic acid groups (broad SMARTS) is 1. The minimum atomic E-state index is -1.07. The highest BCUT2D eigenvalue weighted by Gasteiger charge is 2.25. The van der Waals surface area contributed by atoms with Crippen molar-refractivity contribution in [2.75, 3.05) is 0 Å². The van der Waals surface area contributed by atoms with Gasteiger partial charge in [0.05, 0.1) is 16.6 Å². The molecule has 0 amide bonds. The van der Waals surface area contributed by atoms with Gasteiger partial charge in [-0.1, -0.05) is 26.0 Å². The van der Waals surface area contributed by atoms with E-state index in [2.05, 4.69) is 10.1 Å². The smallest absolute Gasteiger partial charge is 0.327 e. The largest absolute Gasteiger partial charge is 0.480 e. The number of fused-ring (bicyclic) bond motifs is 3. The van der Waals surface area contributed by atoms with Crippen LogP contribution < -0.4 is 5.56 Å². The van der Waals surface area contributed by atoms with E-state index in [1.807, 2.05) is 6.92 Å². The molecule has 0 fully saturated rings. The first-order valence-electron chi connectivity index (χ1n) is 9.17. The molecule has 1 atom stereocenters. The molecule has 0 aliphatic rings. The first kappa shape index (κ1) is 18.8. The van der Waals surface area contributed by atoms with Crippen LogP contribution in [0.25, 0.3) is 27.7 Å². The van der Waals surface area contributed by atoms with Gasteiger partial charge < -0.3 is 9.67 Å². The molecule has 1 N–H and O–H groups in total. The van der Waals surface area contributed by atoms with Crippen LogP contribution in [0.2, 0.25) is 0 Å². The summed E-state index contributed by atoms with van der Waals surface area (Å²) in [7, 11) is 0. The summed E-state index contributed by atoms with van der Waals surface area (Å²) in [6.45, 7) is 5.32. The maximum Gasteiger partial charge on any atom is 0.327 e. The van der Waals surface area contributed by atoms with Crippen molar-refractivity contribution in [3.05, 3.63) is 64.6 Å². The topological polar surface area (TPSA) is 89.5 Å². The van der Waals surface area contributed by atoms with E-state index in [0.717, 1.165) is 11.1 Å². The zero-order valence-electron chi connectivity index (χ0n) is 16.1. The fourth-order valence-corrected chi connectivity index (χ4v) is 3.69. The molecule has 0 bridgehead atoms. The molecule has 0 radical (unpaired) electrons. The molecule has 3 heterocycles. The van der Waals surface area contributed by atoms with Crippen molar-refractivity contribution in [3.8, 4) is 11.1 Å². The van der Waals surface area contributed by atoms with Gasteiger partial charge in [-0.05, 0) is 36.6 Å². The summed E-state index contributed by atoms with van der Waals surface area (Å²) in [6, 6.07) is 6.75. The van der Waals surface area contributed by atoms with Gasteiger partial charge in [0.1, 0.15) is 11.9 Å². The molecule has 0 saturated carbocycles. The van der Waals surface area contributed by atoms with Gasteiger partial charge in [0.15, 0.2) is 5.65 Å². The summed E-state index contributed by atoms with van der Waals surface area (Å²) in [5.74, 6) is -1.67. The molecule has 0 saturated heterocycles. The Morgan fingerprint density at radius 1 is 1.17 bits per heavy atom. The number of aromatic nitrogens is 4. The average Bonchev–Trinajstić information content (AvgIpc) is 3.00. The number of nitrogens with zero attached hydrogens (tertiary/aromatic N) is 4. The van der Waals surface area contributed by atoms with Gasteiger partial charge in [0.25, 0.3) is 5.56 Å². The maximum absolute atomic E-state index is 13.3. The molecule has 7 nitrogen and oxygen atoms in total.